The second-order valence-corrected chi connectivity index (χ2v) is 4.79. The molecule has 1 fully saturated rings. The van der Waals surface area contributed by atoms with Crippen molar-refractivity contribution in [2.45, 2.75) is 45.3 Å². The van der Waals surface area contributed by atoms with Crippen LogP contribution in [0.5, 0.6) is 0 Å². The smallest absolute Gasteiger partial charge is 0.130 e. The monoisotopic (exact) mass is 237 g/mol. The predicted molar refractivity (Wildman–Crippen MR) is 67.6 cm³/mol. The average molecular weight is 237 g/mol. The van der Waals surface area contributed by atoms with Gasteiger partial charge < -0.3 is 10.0 Å². The van der Waals surface area contributed by atoms with E-state index in [1.54, 1.807) is 6.07 Å². The highest BCUT2D eigenvalue weighted by atomic mass is 19.1. The predicted octanol–water partition coefficient (Wildman–Crippen LogP) is 3.09. The molecule has 0 aliphatic carbocycles. The molecule has 1 aromatic rings. The lowest BCUT2D eigenvalue weighted by molar-refractivity contribution is 0.275. The zero-order valence-corrected chi connectivity index (χ0v) is 10.3. The van der Waals surface area contributed by atoms with Gasteiger partial charge in [0.25, 0.3) is 0 Å². The van der Waals surface area contributed by atoms with E-state index >= 15 is 0 Å². The van der Waals surface area contributed by atoms with Gasteiger partial charge in [-0.25, -0.2) is 4.39 Å². The van der Waals surface area contributed by atoms with Gasteiger partial charge in [-0.05, 0) is 31.9 Å². The molecule has 2 nitrogen and oxygen atoms in total. The number of aliphatic hydroxyl groups excluding tert-OH is 1. The molecule has 1 heterocycles. The lowest BCUT2D eigenvalue weighted by Gasteiger charge is -2.31. The number of aliphatic hydroxyl groups is 1. The number of hydrogen-bond acceptors (Lipinski definition) is 2. The van der Waals surface area contributed by atoms with Crippen LogP contribution in [0, 0.1) is 5.82 Å². The highest BCUT2D eigenvalue weighted by molar-refractivity contribution is 5.54. The summed E-state index contributed by atoms with van der Waals surface area (Å²) in [4.78, 5) is 2.24. The quantitative estimate of drug-likeness (QED) is 0.854. The molecule has 2 rings (SSSR count). The first kappa shape index (κ1) is 12.4. The summed E-state index contributed by atoms with van der Waals surface area (Å²) >= 11 is 0. The normalized spacial score (nSPS) is 21.4. The largest absolute Gasteiger partial charge is 0.391 e. The van der Waals surface area contributed by atoms with Crippen molar-refractivity contribution in [2.24, 2.45) is 0 Å². The van der Waals surface area contributed by atoms with Crippen molar-refractivity contribution in [3.63, 3.8) is 0 Å². The summed E-state index contributed by atoms with van der Waals surface area (Å²) in [6.07, 6.45) is 4.76. The van der Waals surface area contributed by atoms with E-state index in [0.29, 0.717) is 11.6 Å². The van der Waals surface area contributed by atoms with Crippen molar-refractivity contribution in [3.8, 4) is 0 Å². The molecular formula is C14H20FNO. The van der Waals surface area contributed by atoms with Gasteiger partial charge in [-0.15, -0.1) is 0 Å². The third-order valence-corrected chi connectivity index (χ3v) is 3.61. The molecule has 1 atom stereocenters. The molecule has 0 spiro atoms. The third-order valence-electron chi connectivity index (χ3n) is 3.61. The van der Waals surface area contributed by atoms with Crippen LogP contribution in [0.3, 0.4) is 0 Å². The van der Waals surface area contributed by atoms with Gasteiger partial charge in [0.1, 0.15) is 5.82 Å². The fraction of sp³-hybridized carbons (Fsp3) is 0.571. The molecule has 0 bridgehead atoms. The Morgan fingerprint density at radius 3 is 2.94 bits per heavy atom. The molecule has 0 radical (unpaired) electrons. The Kier molecular flexibility index (Phi) is 4.00. The zero-order valence-electron chi connectivity index (χ0n) is 10.3. The number of halogens is 1. The van der Waals surface area contributed by atoms with Crippen LogP contribution in [-0.4, -0.2) is 17.7 Å². The van der Waals surface area contributed by atoms with Crippen LogP contribution >= 0.6 is 0 Å². The Hall–Kier alpha value is -1.09. The number of rotatable bonds is 2. The molecule has 1 unspecified atom stereocenters. The van der Waals surface area contributed by atoms with Gasteiger partial charge in [0.15, 0.2) is 0 Å². The number of hydrogen-bond donors (Lipinski definition) is 1. The standard InChI is InChI=1S/C14H20FNO/c1-11-6-3-2-4-9-16(11)14-8-5-7-13(15)12(14)10-17/h5,7-8,11,17H,2-4,6,9-10H2,1H3. The van der Waals surface area contributed by atoms with Crippen molar-refractivity contribution in [1.29, 1.82) is 0 Å². The van der Waals surface area contributed by atoms with Crippen LogP contribution in [0.4, 0.5) is 10.1 Å². The number of nitrogens with zero attached hydrogens (tertiary/aromatic N) is 1. The van der Waals surface area contributed by atoms with Crippen LogP contribution in [0.1, 0.15) is 38.2 Å². The molecule has 17 heavy (non-hydrogen) atoms. The number of benzene rings is 1. The lowest BCUT2D eigenvalue weighted by atomic mass is 10.1. The second kappa shape index (κ2) is 5.50. The van der Waals surface area contributed by atoms with Crippen LogP contribution in [-0.2, 0) is 6.61 Å². The van der Waals surface area contributed by atoms with E-state index in [1.165, 1.54) is 18.9 Å². The van der Waals surface area contributed by atoms with Gasteiger partial charge in [-0.1, -0.05) is 18.9 Å². The summed E-state index contributed by atoms with van der Waals surface area (Å²) in [7, 11) is 0. The van der Waals surface area contributed by atoms with Crippen LogP contribution in [0.15, 0.2) is 18.2 Å². The Balaban J connectivity index is 2.34. The molecule has 1 saturated heterocycles. The van der Waals surface area contributed by atoms with Crippen molar-refractivity contribution < 1.29 is 9.50 Å². The van der Waals surface area contributed by atoms with Crippen LogP contribution in [0.25, 0.3) is 0 Å². The maximum absolute atomic E-state index is 13.6. The zero-order chi connectivity index (χ0) is 12.3. The third kappa shape index (κ3) is 2.60. The summed E-state index contributed by atoms with van der Waals surface area (Å²) < 4.78 is 13.6. The van der Waals surface area contributed by atoms with E-state index in [0.717, 1.165) is 25.1 Å². The minimum absolute atomic E-state index is 0.231. The second-order valence-electron chi connectivity index (χ2n) is 4.79. The number of anilines is 1. The molecule has 1 aliphatic heterocycles. The first-order valence-corrected chi connectivity index (χ1v) is 6.39. The minimum atomic E-state index is -0.304. The van der Waals surface area contributed by atoms with E-state index < -0.39 is 0 Å². The Morgan fingerprint density at radius 2 is 2.18 bits per heavy atom. The Bertz CT molecular complexity index is 380. The Morgan fingerprint density at radius 1 is 1.35 bits per heavy atom. The summed E-state index contributed by atoms with van der Waals surface area (Å²) in [5.74, 6) is -0.304. The fourth-order valence-electron chi connectivity index (χ4n) is 2.61. The summed E-state index contributed by atoms with van der Waals surface area (Å²) in [6.45, 7) is 2.90. The van der Waals surface area contributed by atoms with Crippen molar-refractivity contribution in [3.05, 3.63) is 29.6 Å². The summed E-state index contributed by atoms with van der Waals surface area (Å²) in [6, 6.07) is 5.47. The lowest BCUT2D eigenvalue weighted by Crippen LogP contribution is -2.33. The first-order valence-electron chi connectivity index (χ1n) is 6.39. The van der Waals surface area contributed by atoms with Crippen LogP contribution in [0.2, 0.25) is 0 Å². The van der Waals surface area contributed by atoms with Crippen molar-refractivity contribution >= 4 is 5.69 Å². The molecular weight excluding hydrogens is 217 g/mol. The van der Waals surface area contributed by atoms with Gasteiger partial charge in [0, 0.05) is 23.8 Å². The van der Waals surface area contributed by atoms with E-state index in [9.17, 15) is 9.50 Å². The van der Waals surface area contributed by atoms with Gasteiger partial charge in [-0.2, -0.15) is 0 Å². The summed E-state index contributed by atoms with van der Waals surface area (Å²) in [5.41, 5.74) is 1.29. The highest BCUT2D eigenvalue weighted by Gasteiger charge is 2.20. The van der Waals surface area contributed by atoms with E-state index in [1.807, 2.05) is 6.07 Å². The van der Waals surface area contributed by atoms with Gasteiger partial charge in [0.05, 0.1) is 6.61 Å². The van der Waals surface area contributed by atoms with Crippen LogP contribution < -0.4 is 4.90 Å². The minimum Gasteiger partial charge on any atom is -0.391 e. The molecule has 1 aromatic carbocycles. The maximum Gasteiger partial charge on any atom is 0.130 e. The van der Waals surface area contributed by atoms with E-state index in [-0.39, 0.29) is 12.4 Å². The molecule has 0 saturated carbocycles. The van der Waals surface area contributed by atoms with E-state index in [4.69, 9.17) is 0 Å². The van der Waals surface area contributed by atoms with Crippen molar-refractivity contribution in [1.82, 2.24) is 0 Å². The van der Waals surface area contributed by atoms with Gasteiger partial charge in [0.2, 0.25) is 0 Å². The maximum atomic E-state index is 13.6. The average Bonchev–Trinajstić information content (AvgIpc) is 2.53. The molecule has 1 N–H and O–H groups in total. The highest BCUT2D eigenvalue weighted by Crippen LogP contribution is 2.28. The topological polar surface area (TPSA) is 23.5 Å². The Labute approximate surface area is 102 Å². The summed E-state index contributed by atoms with van der Waals surface area (Å²) in [5, 5.41) is 9.32. The molecule has 94 valence electrons. The first-order chi connectivity index (χ1) is 8.24. The van der Waals surface area contributed by atoms with Gasteiger partial charge in [-0.3, -0.25) is 0 Å². The van der Waals surface area contributed by atoms with Gasteiger partial charge >= 0.3 is 0 Å². The molecule has 1 aliphatic rings. The molecule has 0 aromatic heterocycles. The van der Waals surface area contributed by atoms with E-state index in [2.05, 4.69) is 11.8 Å². The fourth-order valence-corrected chi connectivity index (χ4v) is 2.61. The molecule has 3 heteroatoms. The molecule has 0 amide bonds. The van der Waals surface area contributed by atoms with Crippen molar-refractivity contribution in [2.75, 3.05) is 11.4 Å². The SMILES string of the molecule is CC1CCCCCN1c1cccc(F)c1CO.